The van der Waals surface area contributed by atoms with Gasteiger partial charge in [0.25, 0.3) is 0 Å². The molecule has 20 heavy (non-hydrogen) atoms. The maximum absolute atomic E-state index is 5.31. The summed E-state index contributed by atoms with van der Waals surface area (Å²) in [6.07, 6.45) is 1.12. The molecular weight excluding hydrogens is 334 g/mol. The van der Waals surface area contributed by atoms with Crippen molar-refractivity contribution in [2.45, 2.75) is 26.3 Å². The first-order valence-corrected chi connectivity index (χ1v) is 8.45. The van der Waals surface area contributed by atoms with Crippen molar-refractivity contribution in [2.75, 3.05) is 13.7 Å². The van der Waals surface area contributed by atoms with Crippen molar-refractivity contribution < 1.29 is 4.74 Å². The summed E-state index contributed by atoms with van der Waals surface area (Å²) in [5.74, 6) is 0.866. The van der Waals surface area contributed by atoms with Gasteiger partial charge in [0, 0.05) is 4.88 Å². The lowest BCUT2D eigenvalue weighted by Crippen LogP contribution is -2.23. The molecule has 1 N–H and O–H groups in total. The lowest BCUT2D eigenvalue weighted by Gasteiger charge is -2.20. The van der Waals surface area contributed by atoms with Crippen LogP contribution in [0.25, 0.3) is 0 Å². The average Bonchev–Trinajstić information content (AvgIpc) is 2.86. The first kappa shape index (κ1) is 15.5. The molecular formula is C16H20BrNOS. The van der Waals surface area contributed by atoms with Crippen LogP contribution in [0.5, 0.6) is 5.75 Å². The summed E-state index contributed by atoms with van der Waals surface area (Å²) in [5.41, 5.74) is 2.62. The van der Waals surface area contributed by atoms with E-state index >= 15 is 0 Å². The number of rotatable bonds is 6. The van der Waals surface area contributed by atoms with Crippen molar-refractivity contribution in [3.63, 3.8) is 0 Å². The largest absolute Gasteiger partial charge is 0.496 e. The minimum Gasteiger partial charge on any atom is -0.496 e. The molecule has 108 valence electrons. The molecule has 0 spiro atoms. The van der Waals surface area contributed by atoms with Crippen LogP contribution in [0.4, 0.5) is 0 Å². The second-order valence-electron chi connectivity index (χ2n) is 4.71. The predicted octanol–water partition coefficient (Wildman–Crippen LogP) is 4.92. The van der Waals surface area contributed by atoms with Crippen molar-refractivity contribution in [3.8, 4) is 5.75 Å². The molecule has 1 unspecified atom stereocenters. The number of hydrogen-bond donors (Lipinski definition) is 1. The molecule has 1 aromatic heterocycles. The molecule has 0 bridgehead atoms. The molecule has 1 aromatic carbocycles. The molecule has 0 saturated heterocycles. The Kier molecular flexibility index (Phi) is 5.64. The van der Waals surface area contributed by atoms with Crippen molar-refractivity contribution in [3.05, 3.63) is 50.1 Å². The fourth-order valence-electron chi connectivity index (χ4n) is 2.25. The zero-order chi connectivity index (χ0) is 14.5. The number of benzene rings is 1. The van der Waals surface area contributed by atoms with E-state index in [0.29, 0.717) is 0 Å². The fraction of sp³-hybridized carbons (Fsp3) is 0.375. The Morgan fingerprint density at radius 1 is 1.35 bits per heavy atom. The number of ether oxygens (including phenoxy) is 1. The highest BCUT2D eigenvalue weighted by atomic mass is 79.9. The fourth-order valence-corrected chi connectivity index (χ4v) is 3.55. The van der Waals surface area contributed by atoms with E-state index in [-0.39, 0.29) is 6.04 Å². The molecule has 4 heteroatoms. The van der Waals surface area contributed by atoms with Crippen molar-refractivity contribution in [1.82, 2.24) is 5.32 Å². The molecule has 2 nitrogen and oxygen atoms in total. The third-order valence-corrected chi connectivity index (χ3v) is 4.80. The van der Waals surface area contributed by atoms with Crippen molar-refractivity contribution >= 4 is 27.3 Å². The normalized spacial score (nSPS) is 12.4. The van der Waals surface area contributed by atoms with Crippen LogP contribution in [0.3, 0.4) is 0 Å². The second kappa shape index (κ2) is 7.25. The Labute approximate surface area is 133 Å². The molecule has 2 rings (SSSR count). The van der Waals surface area contributed by atoms with Crippen LogP contribution in [0.2, 0.25) is 0 Å². The highest BCUT2D eigenvalue weighted by Gasteiger charge is 2.17. The molecule has 1 heterocycles. The van der Waals surface area contributed by atoms with E-state index < -0.39 is 0 Å². The maximum Gasteiger partial charge on any atom is 0.133 e. The van der Waals surface area contributed by atoms with Gasteiger partial charge in [0.05, 0.1) is 17.6 Å². The summed E-state index contributed by atoms with van der Waals surface area (Å²) in [5, 5.41) is 5.80. The third kappa shape index (κ3) is 3.43. The number of methoxy groups -OCH3 is 1. The second-order valence-corrected chi connectivity index (χ2v) is 6.69. The van der Waals surface area contributed by atoms with Gasteiger partial charge in [-0.2, -0.15) is 0 Å². The highest BCUT2D eigenvalue weighted by Crippen LogP contribution is 2.33. The molecule has 0 amide bonds. The summed E-state index contributed by atoms with van der Waals surface area (Å²) in [6, 6.07) is 8.74. The Morgan fingerprint density at radius 2 is 2.15 bits per heavy atom. The van der Waals surface area contributed by atoms with E-state index in [1.54, 1.807) is 18.4 Å². The molecule has 0 aliphatic heterocycles. The summed E-state index contributed by atoms with van der Waals surface area (Å²) in [7, 11) is 1.69. The lowest BCUT2D eigenvalue weighted by molar-refractivity contribution is 0.411. The van der Waals surface area contributed by atoms with Gasteiger partial charge in [0.1, 0.15) is 5.75 Å². The van der Waals surface area contributed by atoms with E-state index in [2.05, 4.69) is 58.7 Å². The quantitative estimate of drug-likeness (QED) is 0.795. The van der Waals surface area contributed by atoms with Gasteiger partial charge in [-0.25, -0.2) is 0 Å². The van der Waals surface area contributed by atoms with Crippen LogP contribution >= 0.6 is 27.3 Å². The topological polar surface area (TPSA) is 21.3 Å². The smallest absolute Gasteiger partial charge is 0.133 e. The van der Waals surface area contributed by atoms with Gasteiger partial charge in [-0.15, -0.1) is 11.3 Å². The summed E-state index contributed by atoms with van der Waals surface area (Å²) in [4.78, 5) is 1.37. The molecule has 0 fully saturated rings. The van der Waals surface area contributed by atoms with E-state index in [0.717, 1.165) is 23.2 Å². The van der Waals surface area contributed by atoms with Gasteiger partial charge in [-0.3, -0.25) is 0 Å². The molecule has 0 aliphatic carbocycles. The van der Waals surface area contributed by atoms with Crippen molar-refractivity contribution in [1.29, 1.82) is 0 Å². The lowest BCUT2D eigenvalue weighted by atomic mass is 9.99. The molecule has 0 saturated carbocycles. The van der Waals surface area contributed by atoms with Crippen LogP contribution in [0.1, 0.15) is 35.4 Å². The first-order valence-electron chi connectivity index (χ1n) is 6.78. The maximum atomic E-state index is 5.31. The number of aryl methyl sites for hydroxylation is 1. The molecule has 1 atom stereocenters. The number of nitrogens with one attached hydrogen (secondary N) is 1. The van der Waals surface area contributed by atoms with E-state index in [1.165, 1.54) is 16.0 Å². The van der Waals surface area contributed by atoms with Crippen LogP contribution < -0.4 is 10.1 Å². The van der Waals surface area contributed by atoms with Gasteiger partial charge in [0.2, 0.25) is 0 Å². The SMILES string of the molecule is CCCNC(c1ccc(OC)c(Br)c1)c1ccsc1C. The minimum atomic E-state index is 0.239. The van der Waals surface area contributed by atoms with Gasteiger partial charge in [0.15, 0.2) is 0 Å². The molecule has 2 aromatic rings. The number of hydrogen-bond acceptors (Lipinski definition) is 3. The Hall–Kier alpha value is -0.840. The van der Waals surface area contributed by atoms with Crippen LogP contribution in [0, 0.1) is 6.92 Å². The molecule has 0 radical (unpaired) electrons. The average molecular weight is 354 g/mol. The first-order chi connectivity index (χ1) is 9.67. The van der Waals surface area contributed by atoms with Gasteiger partial charge < -0.3 is 10.1 Å². The van der Waals surface area contributed by atoms with E-state index in [9.17, 15) is 0 Å². The van der Waals surface area contributed by atoms with E-state index in [4.69, 9.17) is 4.74 Å². The zero-order valence-corrected chi connectivity index (χ0v) is 14.5. The van der Waals surface area contributed by atoms with Crippen LogP contribution in [0.15, 0.2) is 34.1 Å². The minimum absolute atomic E-state index is 0.239. The standard InChI is InChI=1S/C16H20BrNOS/c1-4-8-18-16(13-7-9-20-11(13)2)12-5-6-15(19-3)14(17)10-12/h5-7,9-10,16,18H,4,8H2,1-3H3. The summed E-state index contributed by atoms with van der Waals surface area (Å²) < 4.78 is 6.30. The van der Waals surface area contributed by atoms with Crippen LogP contribution in [-0.2, 0) is 0 Å². The summed E-state index contributed by atoms with van der Waals surface area (Å²) in [6.45, 7) is 5.37. The third-order valence-electron chi connectivity index (χ3n) is 3.32. The number of halogens is 1. The Morgan fingerprint density at radius 3 is 2.70 bits per heavy atom. The van der Waals surface area contributed by atoms with Crippen molar-refractivity contribution in [2.24, 2.45) is 0 Å². The Balaban J connectivity index is 2.36. The van der Waals surface area contributed by atoms with Gasteiger partial charge in [-0.05, 0) is 70.5 Å². The summed E-state index contributed by atoms with van der Waals surface area (Å²) >= 11 is 5.37. The van der Waals surface area contributed by atoms with Gasteiger partial charge >= 0.3 is 0 Å². The zero-order valence-electron chi connectivity index (χ0n) is 12.1. The molecule has 0 aliphatic rings. The Bertz CT molecular complexity index is 567. The highest BCUT2D eigenvalue weighted by molar-refractivity contribution is 9.10. The van der Waals surface area contributed by atoms with Crippen LogP contribution in [-0.4, -0.2) is 13.7 Å². The number of thiophene rings is 1. The predicted molar refractivity (Wildman–Crippen MR) is 89.9 cm³/mol. The monoisotopic (exact) mass is 353 g/mol. The van der Waals surface area contributed by atoms with Gasteiger partial charge in [-0.1, -0.05) is 13.0 Å². The van der Waals surface area contributed by atoms with E-state index in [1.807, 2.05) is 6.07 Å².